The van der Waals surface area contributed by atoms with E-state index < -0.39 is 8.32 Å². The Labute approximate surface area is 156 Å². The molecule has 1 N–H and O–H groups in total. The highest BCUT2D eigenvalue weighted by Gasteiger charge is 2.50. The van der Waals surface area contributed by atoms with E-state index in [-0.39, 0.29) is 42.0 Å². The molecular formula is C19H39BO4Si. The molecule has 0 aromatic carbocycles. The molecule has 1 saturated heterocycles. The molecule has 0 amide bonds. The zero-order chi connectivity index (χ0) is 19.7. The van der Waals surface area contributed by atoms with Crippen LogP contribution in [-0.2, 0) is 13.7 Å². The van der Waals surface area contributed by atoms with E-state index in [0.29, 0.717) is 6.42 Å². The first-order chi connectivity index (χ1) is 11.1. The van der Waals surface area contributed by atoms with Crippen molar-refractivity contribution in [1.82, 2.24) is 0 Å². The molecule has 0 spiro atoms. The molecule has 1 aliphatic heterocycles. The highest BCUT2D eigenvalue weighted by molar-refractivity contribution is 6.74. The molecule has 1 heterocycles. The highest BCUT2D eigenvalue weighted by atomic mass is 28.4. The molecule has 1 rings (SSSR count). The van der Waals surface area contributed by atoms with Gasteiger partial charge in [0.15, 0.2) is 8.32 Å². The second kappa shape index (κ2) is 7.85. The summed E-state index contributed by atoms with van der Waals surface area (Å²) in [6.45, 7) is 21.7. The molecule has 0 saturated carbocycles. The molecule has 0 radical (unpaired) electrons. The van der Waals surface area contributed by atoms with Crippen molar-refractivity contribution >= 4 is 15.4 Å². The molecule has 0 unspecified atom stereocenters. The van der Waals surface area contributed by atoms with Gasteiger partial charge in [0.2, 0.25) is 0 Å². The molecule has 25 heavy (non-hydrogen) atoms. The minimum absolute atomic E-state index is 0.00423. The van der Waals surface area contributed by atoms with E-state index in [4.69, 9.17) is 13.7 Å². The van der Waals surface area contributed by atoms with Gasteiger partial charge in [-0.3, -0.25) is 0 Å². The summed E-state index contributed by atoms with van der Waals surface area (Å²) in [4.78, 5) is 0. The first kappa shape index (κ1) is 22.9. The Bertz CT molecular complexity index is 453. The highest BCUT2D eigenvalue weighted by Crippen LogP contribution is 2.39. The minimum Gasteiger partial charge on any atom is -0.413 e. The topological polar surface area (TPSA) is 47.9 Å². The Morgan fingerprint density at radius 1 is 1.12 bits per heavy atom. The molecule has 0 aromatic rings. The van der Waals surface area contributed by atoms with Crippen molar-refractivity contribution in [1.29, 1.82) is 0 Å². The third-order valence-electron chi connectivity index (χ3n) is 6.10. The third kappa shape index (κ3) is 5.67. The van der Waals surface area contributed by atoms with Crippen molar-refractivity contribution in [3.05, 3.63) is 12.1 Å². The Hall–Kier alpha value is -0.138. The number of aliphatic hydroxyl groups is 1. The van der Waals surface area contributed by atoms with Crippen LogP contribution in [0.1, 0.15) is 61.8 Å². The maximum Gasteiger partial charge on any atom is 0.486 e. The van der Waals surface area contributed by atoms with Crippen molar-refractivity contribution in [2.45, 2.75) is 97.2 Å². The van der Waals surface area contributed by atoms with E-state index >= 15 is 0 Å². The lowest BCUT2D eigenvalue weighted by atomic mass is 9.87. The fourth-order valence-electron chi connectivity index (χ4n) is 2.47. The Morgan fingerprint density at radius 2 is 1.60 bits per heavy atom. The summed E-state index contributed by atoms with van der Waals surface area (Å²) in [6, 6.07) is 0. The van der Waals surface area contributed by atoms with Crippen LogP contribution < -0.4 is 0 Å². The van der Waals surface area contributed by atoms with E-state index in [9.17, 15) is 5.11 Å². The summed E-state index contributed by atoms with van der Waals surface area (Å²) in [7, 11) is -2.22. The first-order valence-corrected chi connectivity index (χ1v) is 12.4. The van der Waals surface area contributed by atoms with Gasteiger partial charge in [0.1, 0.15) is 0 Å². The second-order valence-corrected chi connectivity index (χ2v) is 14.6. The van der Waals surface area contributed by atoms with Gasteiger partial charge in [0.25, 0.3) is 0 Å². The normalized spacial score (nSPS) is 23.2. The van der Waals surface area contributed by atoms with Gasteiger partial charge in [-0.2, -0.15) is 0 Å². The summed E-state index contributed by atoms with van der Waals surface area (Å²) in [5.74, 6) is 2.17. The lowest BCUT2D eigenvalue weighted by Gasteiger charge is -2.40. The molecule has 0 aliphatic carbocycles. The zero-order valence-corrected chi connectivity index (χ0v) is 19.0. The van der Waals surface area contributed by atoms with Crippen LogP contribution in [0.15, 0.2) is 12.1 Å². The number of hydrogen-bond donors (Lipinski definition) is 1. The summed E-state index contributed by atoms with van der Waals surface area (Å²) in [5.41, 5.74) is -0.652. The van der Waals surface area contributed by atoms with Gasteiger partial charge in [0.05, 0.1) is 17.3 Å². The first-order valence-electron chi connectivity index (χ1n) is 9.45. The fourth-order valence-corrected chi connectivity index (χ4v) is 3.91. The second-order valence-electron chi connectivity index (χ2n) is 9.80. The lowest BCUT2D eigenvalue weighted by molar-refractivity contribution is 0.00578. The Balaban J connectivity index is 2.79. The monoisotopic (exact) mass is 370 g/mol. The molecule has 2 atom stereocenters. The van der Waals surface area contributed by atoms with Crippen LogP contribution in [0, 0.1) is 5.92 Å². The van der Waals surface area contributed by atoms with Crippen LogP contribution in [0.4, 0.5) is 0 Å². The third-order valence-corrected chi connectivity index (χ3v) is 10.6. The van der Waals surface area contributed by atoms with E-state index in [1.165, 1.54) is 0 Å². The van der Waals surface area contributed by atoms with Crippen LogP contribution in [-0.4, -0.2) is 44.5 Å². The number of hydrogen-bond acceptors (Lipinski definition) is 4. The minimum atomic E-state index is -1.88. The van der Waals surface area contributed by atoms with E-state index in [1.807, 2.05) is 5.98 Å². The summed E-state index contributed by atoms with van der Waals surface area (Å²) < 4.78 is 18.6. The zero-order valence-electron chi connectivity index (χ0n) is 18.0. The van der Waals surface area contributed by atoms with Crippen LogP contribution in [0.5, 0.6) is 0 Å². The SMILES string of the molecule is C[C@H](/C=C/B1OC(C)(C)C(C)(C)O1)[C@H](CCO)O[Si](C)(C)C(C)(C)C. The molecule has 1 fully saturated rings. The van der Waals surface area contributed by atoms with Crippen LogP contribution in [0.2, 0.25) is 18.1 Å². The summed E-state index contributed by atoms with van der Waals surface area (Å²) >= 11 is 0. The van der Waals surface area contributed by atoms with Crippen molar-refractivity contribution in [2.24, 2.45) is 5.92 Å². The molecule has 6 heteroatoms. The van der Waals surface area contributed by atoms with Gasteiger partial charge in [-0.05, 0) is 58.2 Å². The number of aliphatic hydroxyl groups excluding tert-OH is 1. The van der Waals surface area contributed by atoms with Crippen LogP contribution >= 0.6 is 0 Å². The van der Waals surface area contributed by atoms with Gasteiger partial charge in [-0.1, -0.05) is 39.7 Å². The molecule has 146 valence electrons. The average molecular weight is 370 g/mol. The quantitative estimate of drug-likeness (QED) is 0.666. The van der Waals surface area contributed by atoms with Gasteiger partial charge >= 0.3 is 7.12 Å². The van der Waals surface area contributed by atoms with Crippen LogP contribution in [0.3, 0.4) is 0 Å². The smallest absolute Gasteiger partial charge is 0.413 e. The predicted octanol–water partition coefficient (Wildman–Crippen LogP) is 4.58. The van der Waals surface area contributed by atoms with Gasteiger partial charge in [-0.15, -0.1) is 0 Å². The number of rotatable bonds is 7. The van der Waals surface area contributed by atoms with Gasteiger partial charge in [0, 0.05) is 6.61 Å². The molecule has 0 aromatic heterocycles. The molecule has 0 bridgehead atoms. The Kier molecular flexibility index (Phi) is 7.19. The molecular weight excluding hydrogens is 331 g/mol. The van der Waals surface area contributed by atoms with Crippen molar-refractivity contribution < 1.29 is 18.8 Å². The molecule has 4 nitrogen and oxygen atoms in total. The average Bonchev–Trinajstić information content (AvgIpc) is 2.62. The van der Waals surface area contributed by atoms with Gasteiger partial charge < -0.3 is 18.8 Å². The van der Waals surface area contributed by atoms with Crippen molar-refractivity contribution in [3.8, 4) is 0 Å². The largest absolute Gasteiger partial charge is 0.486 e. The predicted molar refractivity (Wildman–Crippen MR) is 108 cm³/mol. The van der Waals surface area contributed by atoms with E-state index in [0.717, 1.165) is 0 Å². The summed E-state index contributed by atoms with van der Waals surface area (Å²) in [5, 5.41) is 9.61. The maximum absolute atomic E-state index is 9.46. The van der Waals surface area contributed by atoms with Crippen molar-refractivity contribution in [3.63, 3.8) is 0 Å². The maximum atomic E-state index is 9.46. The standard InChI is InChI=1S/C19H39BO4Si/c1-15(11-13-20-23-18(5,6)19(7,8)24-20)16(12-14-21)22-25(9,10)17(2,3)4/h11,13,15-16,21H,12,14H2,1-10H3/b13-11+/t15-,16+/m1/s1. The summed E-state index contributed by atoms with van der Waals surface area (Å²) in [6.07, 6.45) is 2.75. The van der Waals surface area contributed by atoms with E-state index in [1.54, 1.807) is 0 Å². The van der Waals surface area contributed by atoms with Crippen molar-refractivity contribution in [2.75, 3.05) is 6.61 Å². The van der Waals surface area contributed by atoms with Crippen LogP contribution in [0.25, 0.3) is 0 Å². The van der Waals surface area contributed by atoms with E-state index in [2.05, 4.69) is 74.6 Å². The van der Waals surface area contributed by atoms with Gasteiger partial charge in [-0.25, -0.2) is 0 Å². The Morgan fingerprint density at radius 3 is 2.00 bits per heavy atom. The lowest BCUT2D eigenvalue weighted by Crippen LogP contribution is -2.45. The molecule has 1 aliphatic rings. The fraction of sp³-hybridized carbons (Fsp3) is 0.895.